The SMILES string of the molecule is O=C1NN(c2ccccc2)C(c2ccccc2)C1=O. The van der Waals surface area contributed by atoms with E-state index in [0.717, 1.165) is 11.3 Å². The molecule has 0 radical (unpaired) electrons. The second kappa shape index (κ2) is 4.57. The number of para-hydroxylation sites is 1. The lowest BCUT2D eigenvalue weighted by molar-refractivity contribution is -0.135. The summed E-state index contributed by atoms with van der Waals surface area (Å²) in [7, 11) is 0. The van der Waals surface area contributed by atoms with Crippen LogP contribution >= 0.6 is 0 Å². The fraction of sp³-hybridized carbons (Fsp3) is 0.0667. The predicted octanol–water partition coefficient (Wildman–Crippen LogP) is 1.85. The Hall–Kier alpha value is -2.62. The maximum absolute atomic E-state index is 12.0. The van der Waals surface area contributed by atoms with Gasteiger partial charge in [-0.2, -0.15) is 0 Å². The number of benzene rings is 2. The quantitative estimate of drug-likeness (QED) is 0.830. The molecular weight excluding hydrogens is 240 g/mol. The van der Waals surface area contributed by atoms with Crippen LogP contribution in [0.5, 0.6) is 0 Å². The number of carbonyl (C=O) groups excluding carboxylic acids is 2. The molecule has 1 unspecified atom stereocenters. The zero-order valence-electron chi connectivity index (χ0n) is 10.1. The van der Waals surface area contributed by atoms with E-state index < -0.39 is 17.7 Å². The van der Waals surface area contributed by atoms with Gasteiger partial charge in [0.05, 0.1) is 5.69 Å². The summed E-state index contributed by atoms with van der Waals surface area (Å²) < 4.78 is 0. The Bertz CT molecular complexity index is 611. The first-order valence-electron chi connectivity index (χ1n) is 6.01. The number of nitrogens with one attached hydrogen (secondary N) is 1. The largest absolute Gasteiger partial charge is 0.308 e. The van der Waals surface area contributed by atoms with Crippen LogP contribution in [-0.4, -0.2) is 11.7 Å². The Morgan fingerprint density at radius 2 is 1.42 bits per heavy atom. The summed E-state index contributed by atoms with van der Waals surface area (Å²) in [5.41, 5.74) is 4.20. The molecule has 2 aromatic rings. The summed E-state index contributed by atoms with van der Waals surface area (Å²) >= 11 is 0. The monoisotopic (exact) mass is 252 g/mol. The van der Waals surface area contributed by atoms with Crippen molar-refractivity contribution in [3.63, 3.8) is 0 Å². The lowest BCUT2D eigenvalue weighted by Gasteiger charge is -2.24. The molecular formula is C15H12N2O2. The number of rotatable bonds is 2. The van der Waals surface area contributed by atoms with Crippen LogP contribution in [0.3, 0.4) is 0 Å². The van der Waals surface area contributed by atoms with Gasteiger partial charge < -0.3 is 0 Å². The molecule has 3 rings (SSSR count). The van der Waals surface area contributed by atoms with Gasteiger partial charge in [-0.25, -0.2) is 0 Å². The minimum atomic E-state index is -0.601. The number of Topliss-reactive ketones (excluding diaryl/α,β-unsaturated/α-hetero) is 1. The van der Waals surface area contributed by atoms with E-state index in [9.17, 15) is 9.59 Å². The van der Waals surface area contributed by atoms with Crippen molar-refractivity contribution in [2.75, 3.05) is 5.01 Å². The minimum Gasteiger partial charge on any atom is -0.286 e. The number of anilines is 1. The molecule has 4 nitrogen and oxygen atoms in total. The highest BCUT2D eigenvalue weighted by Crippen LogP contribution is 2.29. The highest BCUT2D eigenvalue weighted by molar-refractivity contribution is 6.41. The summed E-state index contributed by atoms with van der Waals surface area (Å²) in [6.45, 7) is 0. The van der Waals surface area contributed by atoms with E-state index >= 15 is 0 Å². The maximum Gasteiger partial charge on any atom is 0.308 e. The summed E-state index contributed by atoms with van der Waals surface area (Å²) in [4.78, 5) is 23.7. The Balaban J connectivity index is 2.04. The lowest BCUT2D eigenvalue weighted by atomic mass is 10.0. The Morgan fingerprint density at radius 3 is 2.05 bits per heavy atom. The standard InChI is InChI=1S/C15H12N2O2/c18-14-13(11-7-3-1-4-8-11)17(16-15(14)19)12-9-5-2-6-10-12/h1-10,13H,(H,16,19). The van der Waals surface area contributed by atoms with E-state index in [1.165, 1.54) is 0 Å². The molecule has 1 fully saturated rings. The van der Waals surface area contributed by atoms with Crippen LogP contribution in [-0.2, 0) is 9.59 Å². The maximum atomic E-state index is 12.0. The van der Waals surface area contributed by atoms with Crippen molar-refractivity contribution in [1.29, 1.82) is 0 Å². The van der Waals surface area contributed by atoms with Gasteiger partial charge in [0.2, 0.25) is 0 Å². The van der Waals surface area contributed by atoms with Crippen LogP contribution in [0.25, 0.3) is 0 Å². The highest BCUT2D eigenvalue weighted by atomic mass is 16.2. The zero-order chi connectivity index (χ0) is 13.2. The molecule has 1 heterocycles. The van der Waals surface area contributed by atoms with Crippen molar-refractivity contribution in [3.8, 4) is 0 Å². The number of amides is 1. The van der Waals surface area contributed by atoms with Crippen molar-refractivity contribution in [3.05, 3.63) is 66.2 Å². The Kier molecular flexibility index (Phi) is 2.76. The normalized spacial score (nSPS) is 18.5. The number of hydrazine groups is 1. The number of nitrogens with zero attached hydrogens (tertiary/aromatic N) is 1. The summed E-state index contributed by atoms with van der Waals surface area (Å²) in [6, 6.07) is 18.0. The molecule has 19 heavy (non-hydrogen) atoms. The molecule has 0 spiro atoms. The molecule has 1 atom stereocenters. The van der Waals surface area contributed by atoms with Gasteiger partial charge in [-0.05, 0) is 17.7 Å². The second-order valence-corrected chi connectivity index (χ2v) is 4.32. The van der Waals surface area contributed by atoms with Crippen LogP contribution in [0.2, 0.25) is 0 Å². The topological polar surface area (TPSA) is 49.4 Å². The van der Waals surface area contributed by atoms with E-state index in [-0.39, 0.29) is 0 Å². The summed E-state index contributed by atoms with van der Waals surface area (Å²) in [6.07, 6.45) is 0. The number of hydrogen-bond donors (Lipinski definition) is 1. The molecule has 1 saturated heterocycles. The van der Waals surface area contributed by atoms with Crippen molar-refractivity contribution in [1.82, 2.24) is 5.43 Å². The second-order valence-electron chi connectivity index (χ2n) is 4.32. The van der Waals surface area contributed by atoms with Gasteiger partial charge in [0.25, 0.3) is 5.78 Å². The van der Waals surface area contributed by atoms with Crippen molar-refractivity contribution in [2.45, 2.75) is 6.04 Å². The Morgan fingerprint density at radius 1 is 0.842 bits per heavy atom. The van der Waals surface area contributed by atoms with Gasteiger partial charge in [-0.3, -0.25) is 20.0 Å². The van der Waals surface area contributed by atoms with Crippen molar-refractivity contribution in [2.24, 2.45) is 0 Å². The van der Waals surface area contributed by atoms with Crippen LogP contribution < -0.4 is 10.4 Å². The van der Waals surface area contributed by atoms with Gasteiger partial charge in [0.1, 0.15) is 6.04 Å². The number of ketones is 1. The first-order valence-corrected chi connectivity index (χ1v) is 6.01. The van der Waals surface area contributed by atoms with Gasteiger partial charge >= 0.3 is 5.91 Å². The molecule has 0 aliphatic carbocycles. The fourth-order valence-corrected chi connectivity index (χ4v) is 2.21. The predicted molar refractivity (Wildman–Crippen MR) is 71.3 cm³/mol. The number of carbonyl (C=O) groups is 2. The van der Waals surface area contributed by atoms with E-state index in [4.69, 9.17) is 0 Å². The molecule has 0 aromatic heterocycles. The molecule has 1 N–H and O–H groups in total. The van der Waals surface area contributed by atoms with Crippen LogP contribution in [0.4, 0.5) is 5.69 Å². The highest BCUT2D eigenvalue weighted by Gasteiger charge is 2.40. The zero-order valence-corrected chi connectivity index (χ0v) is 10.1. The first-order chi connectivity index (χ1) is 9.27. The smallest absolute Gasteiger partial charge is 0.286 e. The number of hydrogen-bond acceptors (Lipinski definition) is 3. The minimum absolute atomic E-state index is 0.435. The average molecular weight is 252 g/mol. The van der Waals surface area contributed by atoms with Gasteiger partial charge in [0, 0.05) is 0 Å². The third-order valence-electron chi connectivity index (χ3n) is 3.10. The van der Waals surface area contributed by atoms with Gasteiger partial charge in [-0.15, -0.1) is 0 Å². The molecule has 2 aromatic carbocycles. The molecule has 94 valence electrons. The van der Waals surface area contributed by atoms with Crippen LogP contribution in [0.1, 0.15) is 11.6 Å². The molecule has 1 amide bonds. The van der Waals surface area contributed by atoms with Crippen molar-refractivity contribution >= 4 is 17.4 Å². The molecule has 4 heteroatoms. The fourth-order valence-electron chi connectivity index (χ4n) is 2.21. The van der Waals surface area contributed by atoms with Gasteiger partial charge in [0.15, 0.2) is 0 Å². The van der Waals surface area contributed by atoms with E-state index in [0.29, 0.717) is 0 Å². The van der Waals surface area contributed by atoms with Crippen LogP contribution in [0.15, 0.2) is 60.7 Å². The lowest BCUT2D eigenvalue weighted by Crippen LogP contribution is -2.34. The Labute approximate surface area is 110 Å². The van der Waals surface area contributed by atoms with Gasteiger partial charge in [-0.1, -0.05) is 48.5 Å². The van der Waals surface area contributed by atoms with Crippen LogP contribution in [0, 0.1) is 0 Å². The summed E-state index contributed by atoms with van der Waals surface area (Å²) in [5, 5.41) is 1.61. The van der Waals surface area contributed by atoms with E-state index in [2.05, 4.69) is 5.43 Å². The molecule has 1 aliphatic rings. The third kappa shape index (κ3) is 1.97. The summed E-state index contributed by atoms with van der Waals surface area (Å²) in [5.74, 6) is -1.01. The average Bonchev–Trinajstić information content (AvgIpc) is 2.77. The van der Waals surface area contributed by atoms with E-state index in [1.807, 2.05) is 60.7 Å². The third-order valence-corrected chi connectivity index (χ3v) is 3.10. The molecule has 0 saturated carbocycles. The molecule has 1 aliphatic heterocycles. The first kappa shape index (κ1) is 11.5. The molecule has 0 bridgehead atoms. The van der Waals surface area contributed by atoms with E-state index in [1.54, 1.807) is 5.01 Å². The van der Waals surface area contributed by atoms with Crippen molar-refractivity contribution < 1.29 is 9.59 Å².